The summed E-state index contributed by atoms with van der Waals surface area (Å²) in [4.78, 5) is 28.5. The van der Waals surface area contributed by atoms with Gasteiger partial charge in [-0.1, -0.05) is 13.8 Å². The van der Waals surface area contributed by atoms with E-state index in [1.165, 1.54) is 0 Å². The molecule has 0 radical (unpaired) electrons. The number of hydrogen-bond donors (Lipinski definition) is 1. The molecule has 1 rings (SSSR count). The number of likely N-dealkylation sites (tertiary alicyclic amines) is 1. The van der Waals surface area contributed by atoms with Gasteiger partial charge in [0.2, 0.25) is 5.91 Å². The molecule has 1 aliphatic heterocycles. The summed E-state index contributed by atoms with van der Waals surface area (Å²) in [5.41, 5.74) is 5.59. The Labute approximate surface area is 153 Å². The average Bonchev–Trinajstić information content (AvgIpc) is 2.49. The van der Waals surface area contributed by atoms with Crippen LogP contribution in [0.4, 0.5) is 4.79 Å². The number of ether oxygens (including phenoxy) is 1. The van der Waals surface area contributed by atoms with Gasteiger partial charge in [-0.25, -0.2) is 4.79 Å². The lowest BCUT2D eigenvalue weighted by atomic mass is 9.95. The maximum atomic E-state index is 12.6. The highest BCUT2D eigenvalue weighted by Gasteiger charge is 2.31. The molecule has 0 aliphatic carbocycles. The molecule has 1 fully saturated rings. The second-order valence-corrected chi connectivity index (χ2v) is 8.76. The summed E-state index contributed by atoms with van der Waals surface area (Å²) in [5.74, 6) is 0.548. The molecule has 1 aliphatic rings. The highest BCUT2D eigenvalue weighted by atomic mass is 16.6. The van der Waals surface area contributed by atoms with Crippen molar-refractivity contribution >= 4 is 12.0 Å². The van der Waals surface area contributed by atoms with Crippen LogP contribution in [-0.4, -0.2) is 59.1 Å². The molecule has 6 heteroatoms. The van der Waals surface area contributed by atoms with E-state index in [0.717, 1.165) is 12.8 Å². The number of carbonyl (C=O) groups is 2. The molecule has 0 aromatic carbocycles. The van der Waals surface area contributed by atoms with Crippen LogP contribution in [0.5, 0.6) is 0 Å². The van der Waals surface area contributed by atoms with Gasteiger partial charge in [0, 0.05) is 25.7 Å². The van der Waals surface area contributed by atoms with Gasteiger partial charge in [0.1, 0.15) is 5.60 Å². The summed E-state index contributed by atoms with van der Waals surface area (Å²) in [6.07, 6.45) is 1.52. The Hall–Kier alpha value is -1.30. The van der Waals surface area contributed by atoms with Crippen LogP contribution < -0.4 is 5.73 Å². The third-order valence-electron chi connectivity index (χ3n) is 4.63. The SMILES string of the molecule is CC(C)[C@H](N)C(=O)N(CC1CCN(C(=O)OC(C)(C)C)CC1)C(C)C. The number of hydrogen-bond acceptors (Lipinski definition) is 4. The van der Waals surface area contributed by atoms with Crippen LogP contribution in [0.2, 0.25) is 0 Å². The number of piperidine rings is 1. The number of nitrogens with two attached hydrogens (primary N) is 1. The van der Waals surface area contributed by atoms with E-state index in [1.807, 2.05) is 53.4 Å². The fourth-order valence-corrected chi connectivity index (χ4v) is 2.93. The van der Waals surface area contributed by atoms with Gasteiger partial charge in [-0.15, -0.1) is 0 Å². The summed E-state index contributed by atoms with van der Waals surface area (Å²) in [6, 6.07) is -0.328. The van der Waals surface area contributed by atoms with Gasteiger partial charge in [-0.2, -0.15) is 0 Å². The standard InChI is InChI=1S/C19H37N3O3/c1-13(2)16(20)17(23)22(14(3)4)12-15-8-10-21(11-9-15)18(24)25-19(5,6)7/h13-16H,8-12,20H2,1-7H3/t16-/m0/s1. The highest BCUT2D eigenvalue weighted by molar-refractivity contribution is 5.82. The highest BCUT2D eigenvalue weighted by Crippen LogP contribution is 2.22. The van der Waals surface area contributed by atoms with Crippen LogP contribution in [0.25, 0.3) is 0 Å². The van der Waals surface area contributed by atoms with E-state index in [4.69, 9.17) is 10.5 Å². The van der Waals surface area contributed by atoms with Crippen molar-refractivity contribution in [3.05, 3.63) is 0 Å². The summed E-state index contributed by atoms with van der Waals surface area (Å²) in [6.45, 7) is 15.7. The molecule has 0 aromatic rings. The van der Waals surface area contributed by atoms with Crippen molar-refractivity contribution in [3.63, 3.8) is 0 Å². The Morgan fingerprint density at radius 1 is 1.16 bits per heavy atom. The zero-order valence-corrected chi connectivity index (χ0v) is 17.0. The fourth-order valence-electron chi connectivity index (χ4n) is 2.93. The van der Waals surface area contributed by atoms with Gasteiger partial charge in [-0.3, -0.25) is 4.79 Å². The lowest BCUT2D eigenvalue weighted by Gasteiger charge is -2.38. The van der Waals surface area contributed by atoms with Gasteiger partial charge >= 0.3 is 6.09 Å². The number of carbonyl (C=O) groups excluding carboxylic acids is 2. The fraction of sp³-hybridized carbons (Fsp3) is 0.895. The normalized spacial score (nSPS) is 17.8. The minimum absolute atomic E-state index is 0.0274. The number of rotatable bonds is 5. The first kappa shape index (κ1) is 21.7. The zero-order chi connectivity index (χ0) is 19.4. The minimum atomic E-state index is -0.470. The van der Waals surface area contributed by atoms with Gasteiger partial charge in [0.25, 0.3) is 0 Å². The van der Waals surface area contributed by atoms with Crippen molar-refractivity contribution in [2.75, 3.05) is 19.6 Å². The van der Waals surface area contributed by atoms with Gasteiger partial charge in [0.15, 0.2) is 0 Å². The second-order valence-electron chi connectivity index (χ2n) is 8.76. The maximum Gasteiger partial charge on any atom is 0.410 e. The van der Waals surface area contributed by atoms with Crippen molar-refractivity contribution in [2.45, 2.75) is 79.0 Å². The monoisotopic (exact) mass is 355 g/mol. The van der Waals surface area contributed by atoms with Crippen molar-refractivity contribution < 1.29 is 14.3 Å². The molecule has 2 amide bonds. The topological polar surface area (TPSA) is 75.9 Å². The van der Waals surface area contributed by atoms with E-state index in [1.54, 1.807) is 4.90 Å². The van der Waals surface area contributed by atoms with Crippen LogP contribution in [0, 0.1) is 11.8 Å². The molecule has 0 unspecified atom stereocenters. The predicted octanol–water partition coefficient (Wildman–Crippen LogP) is 2.85. The Bertz CT molecular complexity index is 449. The molecule has 2 N–H and O–H groups in total. The minimum Gasteiger partial charge on any atom is -0.444 e. The van der Waals surface area contributed by atoms with E-state index >= 15 is 0 Å². The van der Waals surface area contributed by atoms with E-state index in [0.29, 0.717) is 25.6 Å². The van der Waals surface area contributed by atoms with E-state index in [2.05, 4.69) is 0 Å². The molecule has 0 spiro atoms. The zero-order valence-electron chi connectivity index (χ0n) is 17.0. The van der Waals surface area contributed by atoms with Gasteiger partial charge in [0.05, 0.1) is 6.04 Å². The summed E-state index contributed by atoms with van der Waals surface area (Å²) < 4.78 is 5.43. The number of amides is 2. The van der Waals surface area contributed by atoms with Crippen LogP contribution in [0.3, 0.4) is 0 Å². The van der Waals surface area contributed by atoms with Crippen molar-refractivity contribution in [2.24, 2.45) is 17.6 Å². The first-order valence-electron chi connectivity index (χ1n) is 9.46. The molecular formula is C19H37N3O3. The molecule has 0 saturated carbocycles. The Morgan fingerprint density at radius 2 is 1.68 bits per heavy atom. The Balaban J connectivity index is 2.58. The molecule has 25 heavy (non-hydrogen) atoms. The quantitative estimate of drug-likeness (QED) is 0.823. The third-order valence-corrected chi connectivity index (χ3v) is 4.63. The Kier molecular flexibility index (Phi) is 7.72. The second kappa shape index (κ2) is 8.88. The van der Waals surface area contributed by atoms with E-state index in [9.17, 15) is 9.59 Å². The largest absolute Gasteiger partial charge is 0.444 e. The van der Waals surface area contributed by atoms with Crippen molar-refractivity contribution in [3.8, 4) is 0 Å². The Morgan fingerprint density at radius 3 is 2.08 bits per heavy atom. The molecule has 146 valence electrons. The molecule has 1 saturated heterocycles. The van der Waals surface area contributed by atoms with Crippen molar-refractivity contribution in [1.29, 1.82) is 0 Å². The first-order chi connectivity index (χ1) is 11.4. The molecule has 1 heterocycles. The molecule has 0 bridgehead atoms. The number of nitrogens with zero attached hydrogens (tertiary/aromatic N) is 2. The van der Waals surface area contributed by atoms with Crippen LogP contribution >= 0.6 is 0 Å². The molecule has 6 nitrogen and oxygen atoms in total. The molecular weight excluding hydrogens is 318 g/mol. The lowest BCUT2D eigenvalue weighted by Crippen LogP contribution is -2.52. The van der Waals surface area contributed by atoms with Gasteiger partial charge < -0.3 is 20.3 Å². The summed E-state index contributed by atoms with van der Waals surface area (Å²) in [7, 11) is 0. The molecule has 1 atom stereocenters. The smallest absolute Gasteiger partial charge is 0.410 e. The van der Waals surface area contributed by atoms with Crippen molar-refractivity contribution in [1.82, 2.24) is 9.80 Å². The van der Waals surface area contributed by atoms with Crippen LogP contribution in [-0.2, 0) is 9.53 Å². The van der Waals surface area contributed by atoms with E-state index < -0.39 is 11.6 Å². The predicted molar refractivity (Wildman–Crippen MR) is 100 cm³/mol. The molecule has 0 aromatic heterocycles. The maximum absolute atomic E-state index is 12.6. The summed E-state index contributed by atoms with van der Waals surface area (Å²) in [5, 5.41) is 0. The summed E-state index contributed by atoms with van der Waals surface area (Å²) >= 11 is 0. The first-order valence-corrected chi connectivity index (χ1v) is 9.46. The van der Waals surface area contributed by atoms with E-state index in [-0.39, 0.29) is 24.0 Å². The van der Waals surface area contributed by atoms with Gasteiger partial charge in [-0.05, 0) is 59.3 Å². The van der Waals surface area contributed by atoms with Crippen LogP contribution in [0.1, 0.15) is 61.3 Å². The average molecular weight is 356 g/mol. The third kappa shape index (κ3) is 6.84. The van der Waals surface area contributed by atoms with Crippen LogP contribution in [0.15, 0.2) is 0 Å². The lowest BCUT2D eigenvalue weighted by molar-refractivity contribution is -0.136.